The monoisotopic (exact) mass is 271 g/mol. The largest absolute Gasteiger partial charge is 0.481 e. The second-order valence-electron chi connectivity index (χ2n) is 5.18. The Hall–Kier alpha value is -1.30. The number of nitrogens with zero attached hydrogens (tertiary/aromatic N) is 2. The summed E-state index contributed by atoms with van der Waals surface area (Å²) in [6.45, 7) is 9.68. The maximum absolute atomic E-state index is 11.9. The van der Waals surface area contributed by atoms with Gasteiger partial charge in [-0.1, -0.05) is 13.8 Å². The zero-order valence-electron chi connectivity index (χ0n) is 12.1. The van der Waals surface area contributed by atoms with Gasteiger partial charge in [0.1, 0.15) is 0 Å². The van der Waals surface area contributed by atoms with Crippen molar-refractivity contribution >= 4 is 12.0 Å². The molecule has 2 N–H and O–H groups in total. The van der Waals surface area contributed by atoms with Gasteiger partial charge in [-0.2, -0.15) is 0 Å². The van der Waals surface area contributed by atoms with Crippen molar-refractivity contribution in [3.63, 3.8) is 0 Å². The van der Waals surface area contributed by atoms with E-state index in [-0.39, 0.29) is 6.03 Å². The first-order valence-corrected chi connectivity index (χ1v) is 6.95. The highest BCUT2D eigenvalue weighted by Gasteiger charge is 2.25. The number of piperazine rings is 1. The van der Waals surface area contributed by atoms with E-state index in [1.807, 2.05) is 4.90 Å². The van der Waals surface area contributed by atoms with Gasteiger partial charge in [-0.25, -0.2) is 4.79 Å². The zero-order chi connectivity index (χ0) is 14.4. The summed E-state index contributed by atoms with van der Waals surface area (Å²) < 4.78 is 0. The number of urea groups is 1. The summed E-state index contributed by atoms with van der Waals surface area (Å²) in [4.78, 5) is 26.8. The molecule has 0 saturated carbocycles. The first-order valence-electron chi connectivity index (χ1n) is 6.95. The molecular formula is C13H25N3O3. The van der Waals surface area contributed by atoms with Gasteiger partial charge in [-0.15, -0.1) is 0 Å². The van der Waals surface area contributed by atoms with Crippen LogP contribution in [0.25, 0.3) is 0 Å². The molecule has 1 rings (SSSR count). The van der Waals surface area contributed by atoms with Crippen molar-refractivity contribution in [3.05, 3.63) is 0 Å². The van der Waals surface area contributed by atoms with E-state index in [1.165, 1.54) is 0 Å². The second kappa shape index (κ2) is 7.33. The average molecular weight is 271 g/mol. The van der Waals surface area contributed by atoms with Crippen molar-refractivity contribution < 1.29 is 14.7 Å². The molecule has 1 aliphatic rings. The molecule has 1 heterocycles. The van der Waals surface area contributed by atoms with Crippen LogP contribution in [0.3, 0.4) is 0 Å². The number of carboxylic acid groups (broad SMARTS) is 1. The number of hydrogen-bond acceptors (Lipinski definition) is 3. The average Bonchev–Trinajstić information content (AvgIpc) is 2.38. The lowest BCUT2D eigenvalue weighted by atomic mass is 10.1. The number of amides is 2. The number of carbonyl (C=O) groups is 2. The number of rotatable bonds is 5. The van der Waals surface area contributed by atoms with Gasteiger partial charge >= 0.3 is 12.0 Å². The van der Waals surface area contributed by atoms with Gasteiger partial charge in [0.15, 0.2) is 0 Å². The molecule has 2 atom stereocenters. The second-order valence-corrected chi connectivity index (χ2v) is 5.18. The quantitative estimate of drug-likeness (QED) is 0.777. The number of likely N-dealkylation sites (N-methyl/N-ethyl adjacent to an activating group) is 1. The van der Waals surface area contributed by atoms with Crippen molar-refractivity contribution in [2.75, 3.05) is 32.7 Å². The highest BCUT2D eigenvalue weighted by atomic mass is 16.4. The minimum absolute atomic E-state index is 0.0832. The lowest BCUT2D eigenvalue weighted by molar-refractivity contribution is -0.141. The summed E-state index contributed by atoms with van der Waals surface area (Å²) in [6, 6.07) is 0.294. The molecule has 2 unspecified atom stereocenters. The van der Waals surface area contributed by atoms with E-state index < -0.39 is 11.9 Å². The zero-order valence-corrected chi connectivity index (χ0v) is 12.1. The van der Waals surface area contributed by atoms with E-state index in [9.17, 15) is 9.59 Å². The Labute approximate surface area is 114 Å². The fourth-order valence-corrected chi connectivity index (χ4v) is 2.28. The predicted molar refractivity (Wildman–Crippen MR) is 73.1 cm³/mol. The molecule has 0 aliphatic carbocycles. The molecule has 19 heavy (non-hydrogen) atoms. The van der Waals surface area contributed by atoms with Crippen LogP contribution in [0.15, 0.2) is 0 Å². The Bertz CT molecular complexity index is 322. The summed E-state index contributed by atoms with van der Waals surface area (Å²) in [6.07, 6.45) is 0.464. The third kappa shape index (κ3) is 4.70. The van der Waals surface area contributed by atoms with Crippen LogP contribution in [-0.2, 0) is 4.79 Å². The number of aliphatic carboxylic acids is 1. The van der Waals surface area contributed by atoms with Crippen LogP contribution < -0.4 is 5.32 Å². The highest BCUT2D eigenvalue weighted by molar-refractivity contribution is 5.74. The number of carboxylic acids is 1. The van der Waals surface area contributed by atoms with Crippen LogP contribution in [0.5, 0.6) is 0 Å². The van der Waals surface area contributed by atoms with E-state index in [0.717, 1.165) is 26.2 Å². The number of nitrogens with one attached hydrogen (secondary N) is 1. The topological polar surface area (TPSA) is 72.9 Å². The standard InChI is InChI=1S/C13H25N3O3/c1-4-15-7-8-16(9-11(15)3)13(19)14-6-5-10(2)12(17)18/h10-11H,4-9H2,1-3H3,(H,14,19)(H,17,18). The van der Waals surface area contributed by atoms with Gasteiger partial charge < -0.3 is 15.3 Å². The van der Waals surface area contributed by atoms with E-state index in [1.54, 1.807) is 6.92 Å². The lowest BCUT2D eigenvalue weighted by Crippen LogP contribution is -2.55. The summed E-state index contributed by atoms with van der Waals surface area (Å²) in [5.41, 5.74) is 0. The third-order valence-electron chi connectivity index (χ3n) is 3.73. The van der Waals surface area contributed by atoms with Gasteiger partial charge in [-0.3, -0.25) is 9.69 Å². The van der Waals surface area contributed by atoms with E-state index in [0.29, 0.717) is 19.0 Å². The third-order valence-corrected chi connectivity index (χ3v) is 3.73. The fraction of sp³-hybridized carbons (Fsp3) is 0.846. The van der Waals surface area contributed by atoms with E-state index >= 15 is 0 Å². The molecule has 6 nitrogen and oxygen atoms in total. The first kappa shape index (κ1) is 15.8. The molecule has 0 aromatic carbocycles. The smallest absolute Gasteiger partial charge is 0.317 e. The maximum atomic E-state index is 11.9. The Balaban J connectivity index is 2.29. The Kier molecular flexibility index (Phi) is 6.08. The predicted octanol–water partition coefficient (Wildman–Crippen LogP) is 0.833. The number of carbonyl (C=O) groups excluding carboxylic acids is 1. The summed E-state index contributed by atoms with van der Waals surface area (Å²) in [5, 5.41) is 11.6. The Morgan fingerprint density at radius 1 is 1.42 bits per heavy atom. The molecule has 1 aliphatic heterocycles. The summed E-state index contributed by atoms with van der Waals surface area (Å²) >= 11 is 0. The maximum Gasteiger partial charge on any atom is 0.317 e. The Morgan fingerprint density at radius 3 is 2.63 bits per heavy atom. The highest BCUT2D eigenvalue weighted by Crippen LogP contribution is 2.09. The van der Waals surface area contributed by atoms with Crippen LogP contribution in [-0.4, -0.2) is 65.7 Å². The van der Waals surface area contributed by atoms with Crippen molar-refractivity contribution in [1.29, 1.82) is 0 Å². The minimum Gasteiger partial charge on any atom is -0.481 e. The Morgan fingerprint density at radius 2 is 2.11 bits per heavy atom. The molecule has 6 heteroatoms. The van der Waals surface area contributed by atoms with Gasteiger partial charge in [-0.05, 0) is 19.9 Å². The molecule has 2 amide bonds. The molecule has 0 aromatic rings. The lowest BCUT2D eigenvalue weighted by Gasteiger charge is -2.39. The van der Waals surface area contributed by atoms with E-state index in [2.05, 4.69) is 24.1 Å². The SMILES string of the molecule is CCN1CCN(C(=O)NCCC(C)C(=O)O)CC1C. The molecule has 0 aromatic heterocycles. The summed E-state index contributed by atoms with van der Waals surface area (Å²) in [5.74, 6) is -1.24. The van der Waals surface area contributed by atoms with Gasteiger partial charge in [0.2, 0.25) is 0 Å². The van der Waals surface area contributed by atoms with Crippen LogP contribution in [0.1, 0.15) is 27.2 Å². The van der Waals surface area contributed by atoms with Gasteiger partial charge in [0, 0.05) is 32.2 Å². The van der Waals surface area contributed by atoms with Crippen molar-refractivity contribution in [2.24, 2.45) is 5.92 Å². The molecule has 0 bridgehead atoms. The fourth-order valence-electron chi connectivity index (χ4n) is 2.28. The minimum atomic E-state index is -0.820. The molecule has 1 fully saturated rings. The van der Waals surface area contributed by atoms with Crippen LogP contribution in [0.4, 0.5) is 4.79 Å². The van der Waals surface area contributed by atoms with Crippen LogP contribution in [0.2, 0.25) is 0 Å². The normalized spacial score (nSPS) is 22.1. The molecule has 110 valence electrons. The molecule has 0 radical (unpaired) electrons. The molecular weight excluding hydrogens is 246 g/mol. The molecule has 0 spiro atoms. The van der Waals surface area contributed by atoms with Crippen molar-refractivity contribution in [2.45, 2.75) is 33.2 Å². The van der Waals surface area contributed by atoms with Crippen molar-refractivity contribution in [1.82, 2.24) is 15.1 Å². The number of hydrogen-bond donors (Lipinski definition) is 2. The van der Waals surface area contributed by atoms with Gasteiger partial charge in [0.05, 0.1) is 5.92 Å². The first-order chi connectivity index (χ1) is 8.95. The van der Waals surface area contributed by atoms with Crippen molar-refractivity contribution in [3.8, 4) is 0 Å². The van der Waals surface area contributed by atoms with E-state index in [4.69, 9.17) is 5.11 Å². The summed E-state index contributed by atoms with van der Waals surface area (Å²) in [7, 11) is 0. The molecule has 1 saturated heterocycles. The van der Waals surface area contributed by atoms with Crippen LogP contribution >= 0.6 is 0 Å². The van der Waals surface area contributed by atoms with Crippen LogP contribution in [0, 0.1) is 5.92 Å². The van der Waals surface area contributed by atoms with Gasteiger partial charge in [0.25, 0.3) is 0 Å².